The van der Waals surface area contributed by atoms with Crippen LogP contribution in [0.3, 0.4) is 0 Å². The molecular formula is C23H28FN5O4S. The normalized spacial score (nSPS) is 17.1. The lowest BCUT2D eigenvalue weighted by Crippen LogP contribution is -2.32. The van der Waals surface area contributed by atoms with E-state index in [0.29, 0.717) is 11.1 Å². The lowest BCUT2D eigenvalue weighted by atomic mass is 9.82. The molecule has 11 heteroatoms. The van der Waals surface area contributed by atoms with Crippen LogP contribution in [-0.4, -0.2) is 50.1 Å². The van der Waals surface area contributed by atoms with Crippen LogP contribution in [0.5, 0.6) is 5.75 Å². The predicted octanol–water partition coefficient (Wildman–Crippen LogP) is 3.39. The van der Waals surface area contributed by atoms with Crippen molar-refractivity contribution in [2.24, 2.45) is 14.8 Å². The summed E-state index contributed by atoms with van der Waals surface area (Å²) in [6.07, 6.45) is 0. The Morgan fingerprint density at radius 3 is 2.50 bits per heavy atom. The van der Waals surface area contributed by atoms with E-state index < -0.39 is 33.4 Å². The van der Waals surface area contributed by atoms with Crippen molar-refractivity contribution >= 4 is 33.5 Å². The maximum absolute atomic E-state index is 14.1. The smallest absolute Gasteiger partial charge is 0.345 e. The highest BCUT2D eigenvalue weighted by molar-refractivity contribution is 7.89. The zero-order valence-electron chi connectivity index (χ0n) is 19.8. The van der Waals surface area contributed by atoms with Crippen molar-refractivity contribution in [3.63, 3.8) is 0 Å². The molecule has 3 N–H and O–H groups in total. The number of aromatic hydroxyl groups is 1. The minimum atomic E-state index is -4.09. The van der Waals surface area contributed by atoms with Gasteiger partial charge in [0.15, 0.2) is 17.4 Å². The van der Waals surface area contributed by atoms with Gasteiger partial charge in [-0.3, -0.25) is 9.79 Å². The minimum Gasteiger partial charge on any atom is -0.505 e. The van der Waals surface area contributed by atoms with Crippen LogP contribution in [-0.2, 0) is 10.2 Å². The van der Waals surface area contributed by atoms with Gasteiger partial charge in [-0.05, 0) is 47.7 Å². The fraction of sp³-hybridized carbons (Fsp3) is 0.348. The van der Waals surface area contributed by atoms with E-state index in [0.717, 1.165) is 0 Å². The first-order chi connectivity index (χ1) is 15.7. The zero-order valence-corrected chi connectivity index (χ0v) is 20.7. The Labute approximate surface area is 198 Å². The fourth-order valence-corrected chi connectivity index (χ4v) is 4.34. The van der Waals surface area contributed by atoms with Gasteiger partial charge in [0.2, 0.25) is 0 Å². The molecule has 2 aromatic rings. The van der Waals surface area contributed by atoms with Crippen molar-refractivity contribution < 1.29 is 22.7 Å². The molecule has 34 heavy (non-hydrogen) atoms. The third-order valence-corrected chi connectivity index (χ3v) is 5.92. The number of halogens is 1. The molecule has 182 valence electrons. The summed E-state index contributed by atoms with van der Waals surface area (Å²) in [5.41, 5.74) is 0.879. The van der Waals surface area contributed by atoms with Crippen LogP contribution in [0.15, 0.2) is 45.8 Å². The first-order valence-corrected chi connectivity index (χ1v) is 11.9. The highest BCUT2D eigenvalue weighted by Crippen LogP contribution is 2.37. The van der Waals surface area contributed by atoms with Gasteiger partial charge >= 0.3 is 10.2 Å². The summed E-state index contributed by atoms with van der Waals surface area (Å²) < 4.78 is 44.6. The number of rotatable bonds is 4. The number of phenolic OH excluding ortho intramolecular Hbond substituents is 1. The summed E-state index contributed by atoms with van der Waals surface area (Å²) in [6, 6.07) is 8.39. The van der Waals surface area contributed by atoms with Crippen molar-refractivity contribution in [3.8, 4) is 5.75 Å². The van der Waals surface area contributed by atoms with Crippen LogP contribution >= 0.6 is 0 Å². The van der Waals surface area contributed by atoms with Crippen LogP contribution in [0, 0.1) is 18.2 Å². The molecule has 0 aliphatic carbocycles. The summed E-state index contributed by atoms with van der Waals surface area (Å²) in [5, 5.41) is 13.4. The molecular weight excluding hydrogens is 461 g/mol. The van der Waals surface area contributed by atoms with E-state index >= 15 is 0 Å². The van der Waals surface area contributed by atoms with Gasteiger partial charge in [-0.15, -0.1) is 4.40 Å². The fourth-order valence-electron chi connectivity index (χ4n) is 3.53. The Balaban J connectivity index is 2.06. The number of aliphatic imine (C=N–C) groups is 1. The average Bonchev–Trinajstić information content (AvgIpc) is 2.98. The molecule has 0 spiro atoms. The van der Waals surface area contributed by atoms with Crippen LogP contribution in [0.1, 0.15) is 48.3 Å². The predicted molar refractivity (Wildman–Crippen MR) is 130 cm³/mol. The van der Waals surface area contributed by atoms with Gasteiger partial charge in [0.1, 0.15) is 5.82 Å². The zero-order chi connectivity index (χ0) is 25.4. The van der Waals surface area contributed by atoms with Gasteiger partial charge in [-0.25, -0.2) is 9.11 Å². The van der Waals surface area contributed by atoms with Crippen LogP contribution < -0.4 is 10.0 Å². The third kappa shape index (κ3) is 5.53. The standard InChI is InChI=1S/C23H28FN5O4S/c1-13-10-14(12-15(24)11-13)19(23(2,3)4)26-21-20(27-34(32,33)28-21)25-17-9-7-8-16(18(17)30)22(31)29(5)6/h7-12,19,30H,1-6H3,(H,25,27)(H,26,28). The molecule has 0 fully saturated rings. The summed E-state index contributed by atoms with van der Waals surface area (Å²) in [6.45, 7) is 7.46. The first kappa shape index (κ1) is 25.2. The number of carbonyl (C=O) groups excluding carboxylic acids is 1. The van der Waals surface area contributed by atoms with E-state index in [4.69, 9.17) is 0 Å². The molecule has 1 heterocycles. The molecule has 0 aromatic heterocycles. The number of nitrogens with one attached hydrogen (secondary N) is 2. The lowest BCUT2D eigenvalue weighted by Gasteiger charge is -2.28. The number of hydrogen-bond acceptors (Lipinski definition) is 6. The maximum Gasteiger partial charge on any atom is 0.345 e. The molecule has 9 nitrogen and oxygen atoms in total. The average molecular weight is 490 g/mol. The molecule has 3 rings (SSSR count). The molecule has 0 bridgehead atoms. The minimum absolute atomic E-state index is 0.0331. The number of phenols is 1. The second-order valence-corrected chi connectivity index (χ2v) is 10.7. The van der Waals surface area contributed by atoms with Crippen LogP contribution in [0.2, 0.25) is 0 Å². The molecule has 0 saturated heterocycles. The van der Waals surface area contributed by atoms with Crippen molar-refractivity contribution in [2.45, 2.75) is 33.7 Å². The van der Waals surface area contributed by atoms with Gasteiger partial charge in [-0.2, -0.15) is 8.42 Å². The molecule has 2 aromatic carbocycles. The van der Waals surface area contributed by atoms with Gasteiger partial charge in [-0.1, -0.05) is 32.9 Å². The Kier molecular flexibility index (Phi) is 6.70. The summed E-state index contributed by atoms with van der Waals surface area (Å²) in [5.74, 6) is -1.46. The van der Waals surface area contributed by atoms with Crippen molar-refractivity contribution in [1.82, 2.24) is 9.62 Å². The third-order valence-electron chi connectivity index (χ3n) is 5.05. The Morgan fingerprint density at radius 2 is 1.91 bits per heavy atom. The van der Waals surface area contributed by atoms with E-state index in [1.807, 2.05) is 20.8 Å². The number of aryl methyl sites for hydroxylation is 1. The molecule has 0 saturated carbocycles. The topological polar surface area (TPSA) is 123 Å². The second-order valence-electron chi connectivity index (χ2n) is 9.35. The highest BCUT2D eigenvalue weighted by Gasteiger charge is 2.33. The number of hydrogen-bond donors (Lipinski definition) is 3. The van der Waals surface area contributed by atoms with E-state index in [9.17, 15) is 22.7 Å². The number of amides is 1. The first-order valence-electron chi connectivity index (χ1n) is 10.5. The quantitative estimate of drug-likeness (QED) is 0.568. The Morgan fingerprint density at radius 1 is 1.24 bits per heavy atom. The van der Waals surface area contributed by atoms with Crippen LogP contribution in [0.25, 0.3) is 0 Å². The number of para-hydroxylation sites is 1. The van der Waals surface area contributed by atoms with Gasteiger partial charge in [0, 0.05) is 14.1 Å². The van der Waals surface area contributed by atoms with E-state index in [2.05, 4.69) is 19.4 Å². The van der Waals surface area contributed by atoms with Crippen molar-refractivity contribution in [2.75, 3.05) is 19.4 Å². The summed E-state index contributed by atoms with van der Waals surface area (Å²) in [4.78, 5) is 18.2. The maximum atomic E-state index is 14.1. The van der Waals surface area contributed by atoms with Gasteiger partial charge in [0.05, 0.1) is 17.3 Å². The number of nitrogens with zero attached hydrogens (tertiary/aromatic N) is 3. The van der Waals surface area contributed by atoms with E-state index in [1.54, 1.807) is 33.2 Å². The van der Waals surface area contributed by atoms with E-state index in [-0.39, 0.29) is 28.7 Å². The van der Waals surface area contributed by atoms with Crippen molar-refractivity contribution in [3.05, 3.63) is 58.9 Å². The molecule has 1 unspecified atom stereocenters. The largest absolute Gasteiger partial charge is 0.505 e. The Hall–Kier alpha value is -3.47. The van der Waals surface area contributed by atoms with Crippen molar-refractivity contribution in [1.29, 1.82) is 0 Å². The second kappa shape index (κ2) is 9.05. The molecule has 1 aliphatic rings. The highest BCUT2D eigenvalue weighted by atomic mass is 32.2. The summed E-state index contributed by atoms with van der Waals surface area (Å²) in [7, 11) is -1.00. The molecule has 1 atom stereocenters. The SMILES string of the molecule is Cc1cc(F)cc(C(N=C2NS(=O)(=O)N=C2Nc2cccc(C(=O)N(C)C)c2O)C(C)(C)C)c1. The lowest BCUT2D eigenvalue weighted by molar-refractivity contribution is 0.0824. The summed E-state index contributed by atoms with van der Waals surface area (Å²) >= 11 is 0. The van der Waals surface area contributed by atoms with Gasteiger partial charge < -0.3 is 15.3 Å². The number of carbonyl (C=O) groups is 1. The van der Waals surface area contributed by atoms with Crippen LogP contribution in [0.4, 0.5) is 10.1 Å². The van der Waals surface area contributed by atoms with E-state index in [1.165, 1.54) is 29.2 Å². The Bertz CT molecular complexity index is 1280. The molecule has 1 amide bonds. The number of benzene rings is 2. The van der Waals surface area contributed by atoms with Gasteiger partial charge in [0.25, 0.3) is 5.91 Å². The molecule has 0 radical (unpaired) electrons. The molecule has 1 aliphatic heterocycles. The number of anilines is 1. The monoisotopic (exact) mass is 489 g/mol. The number of amidine groups is 2.